The smallest absolute Gasteiger partial charge is 0.0233 e. The van der Waals surface area contributed by atoms with Gasteiger partial charge in [-0.3, -0.25) is 4.90 Å². The summed E-state index contributed by atoms with van der Waals surface area (Å²) in [5.74, 6) is 0.878. The zero-order valence-corrected chi connectivity index (χ0v) is 9.87. The van der Waals surface area contributed by atoms with Crippen molar-refractivity contribution in [2.45, 2.75) is 33.2 Å². The Balaban J connectivity index is 1.96. The minimum absolute atomic E-state index is 0.878. The zero-order valence-electron chi connectivity index (χ0n) is 9.87. The van der Waals surface area contributed by atoms with E-state index in [1.807, 2.05) is 0 Å². The third kappa shape index (κ3) is 3.07. The Kier molecular flexibility index (Phi) is 3.42. The number of benzene rings is 1. The van der Waals surface area contributed by atoms with Gasteiger partial charge in [0.1, 0.15) is 0 Å². The fourth-order valence-corrected chi connectivity index (χ4v) is 2.50. The zero-order chi connectivity index (χ0) is 10.7. The van der Waals surface area contributed by atoms with Crippen LogP contribution in [0.2, 0.25) is 0 Å². The maximum absolute atomic E-state index is 2.59. The summed E-state index contributed by atoms with van der Waals surface area (Å²) in [5.41, 5.74) is 2.83. The summed E-state index contributed by atoms with van der Waals surface area (Å²) < 4.78 is 0. The van der Waals surface area contributed by atoms with Crippen LogP contribution in [-0.2, 0) is 6.54 Å². The van der Waals surface area contributed by atoms with Crippen LogP contribution in [0.1, 0.15) is 30.9 Å². The average molecular weight is 203 g/mol. The molecule has 1 aromatic rings. The molecule has 0 aliphatic carbocycles. The average Bonchev–Trinajstić information content (AvgIpc) is 2.17. The van der Waals surface area contributed by atoms with Crippen LogP contribution < -0.4 is 0 Å². The monoisotopic (exact) mass is 203 g/mol. The van der Waals surface area contributed by atoms with E-state index in [-0.39, 0.29) is 0 Å². The van der Waals surface area contributed by atoms with E-state index in [0.29, 0.717) is 0 Å². The van der Waals surface area contributed by atoms with Crippen molar-refractivity contribution >= 4 is 0 Å². The number of rotatable bonds is 2. The molecule has 1 aliphatic rings. The largest absolute Gasteiger partial charge is 0.299 e. The second kappa shape index (κ2) is 4.80. The lowest BCUT2D eigenvalue weighted by Crippen LogP contribution is -2.33. The molecule has 0 bridgehead atoms. The number of aryl methyl sites for hydroxylation is 1. The van der Waals surface area contributed by atoms with Gasteiger partial charge in [0, 0.05) is 13.1 Å². The molecule has 0 aromatic heterocycles. The molecule has 15 heavy (non-hydrogen) atoms. The molecule has 1 saturated heterocycles. The Morgan fingerprint density at radius 2 is 2.27 bits per heavy atom. The Labute approximate surface area is 93.1 Å². The van der Waals surface area contributed by atoms with E-state index in [4.69, 9.17) is 0 Å². The Bertz CT molecular complexity index is 319. The molecule has 1 heteroatoms. The fraction of sp³-hybridized carbons (Fsp3) is 0.571. The van der Waals surface area contributed by atoms with Crippen molar-refractivity contribution in [1.82, 2.24) is 4.90 Å². The van der Waals surface area contributed by atoms with Gasteiger partial charge in [0.2, 0.25) is 0 Å². The van der Waals surface area contributed by atoms with Crippen LogP contribution in [0.25, 0.3) is 0 Å². The minimum atomic E-state index is 0.878. The van der Waals surface area contributed by atoms with Crippen LogP contribution in [0.3, 0.4) is 0 Å². The summed E-state index contributed by atoms with van der Waals surface area (Å²) in [6.45, 7) is 8.21. The molecular formula is C14H21N. The lowest BCUT2D eigenvalue weighted by molar-refractivity contribution is 0.176. The summed E-state index contributed by atoms with van der Waals surface area (Å²) in [6, 6.07) is 8.88. The molecule has 82 valence electrons. The van der Waals surface area contributed by atoms with Crippen LogP contribution >= 0.6 is 0 Å². The summed E-state index contributed by atoms with van der Waals surface area (Å²) >= 11 is 0. The van der Waals surface area contributed by atoms with Crippen LogP contribution in [0.5, 0.6) is 0 Å². The van der Waals surface area contributed by atoms with Crippen molar-refractivity contribution < 1.29 is 0 Å². The standard InChI is InChI=1S/C14H21N/c1-12-5-3-7-14(9-12)11-15-8-4-6-13(2)10-15/h3,5,7,9,13H,4,6,8,10-11H2,1-2H3. The van der Waals surface area contributed by atoms with Crippen LogP contribution in [0.15, 0.2) is 24.3 Å². The molecule has 1 unspecified atom stereocenters. The Hall–Kier alpha value is -0.820. The summed E-state index contributed by atoms with van der Waals surface area (Å²) in [5, 5.41) is 0. The number of likely N-dealkylation sites (tertiary alicyclic amines) is 1. The van der Waals surface area contributed by atoms with Crippen molar-refractivity contribution in [2.75, 3.05) is 13.1 Å². The van der Waals surface area contributed by atoms with Gasteiger partial charge in [0.05, 0.1) is 0 Å². The van der Waals surface area contributed by atoms with E-state index < -0.39 is 0 Å². The number of hydrogen-bond acceptors (Lipinski definition) is 1. The summed E-state index contributed by atoms with van der Waals surface area (Å²) in [7, 11) is 0. The predicted molar refractivity (Wildman–Crippen MR) is 64.9 cm³/mol. The summed E-state index contributed by atoms with van der Waals surface area (Å²) in [6.07, 6.45) is 2.78. The first-order valence-electron chi connectivity index (χ1n) is 6.02. The SMILES string of the molecule is Cc1cccc(CN2CCCC(C)C2)c1. The molecular weight excluding hydrogens is 182 g/mol. The van der Waals surface area contributed by atoms with Gasteiger partial charge in [-0.05, 0) is 37.8 Å². The van der Waals surface area contributed by atoms with Crippen molar-refractivity contribution in [3.63, 3.8) is 0 Å². The topological polar surface area (TPSA) is 3.24 Å². The van der Waals surface area contributed by atoms with Crippen molar-refractivity contribution in [3.8, 4) is 0 Å². The highest BCUT2D eigenvalue weighted by Gasteiger charge is 2.15. The molecule has 1 aliphatic heterocycles. The molecule has 1 fully saturated rings. The van der Waals surface area contributed by atoms with E-state index in [1.54, 1.807) is 0 Å². The highest BCUT2D eigenvalue weighted by molar-refractivity contribution is 5.22. The normalized spacial score (nSPS) is 22.9. The lowest BCUT2D eigenvalue weighted by atomic mass is 9.99. The van der Waals surface area contributed by atoms with E-state index in [1.165, 1.54) is 37.1 Å². The van der Waals surface area contributed by atoms with Crippen molar-refractivity contribution in [3.05, 3.63) is 35.4 Å². The molecule has 0 radical (unpaired) electrons. The molecule has 1 nitrogen and oxygen atoms in total. The van der Waals surface area contributed by atoms with Crippen LogP contribution in [-0.4, -0.2) is 18.0 Å². The molecule has 1 atom stereocenters. The quantitative estimate of drug-likeness (QED) is 0.713. The van der Waals surface area contributed by atoms with Crippen LogP contribution in [0, 0.1) is 12.8 Å². The third-order valence-electron chi connectivity index (χ3n) is 3.23. The molecule has 0 saturated carbocycles. The van der Waals surface area contributed by atoms with Gasteiger partial charge < -0.3 is 0 Å². The van der Waals surface area contributed by atoms with Gasteiger partial charge in [-0.15, -0.1) is 0 Å². The van der Waals surface area contributed by atoms with E-state index in [2.05, 4.69) is 43.0 Å². The van der Waals surface area contributed by atoms with Crippen LogP contribution in [0.4, 0.5) is 0 Å². The Morgan fingerprint density at radius 1 is 1.40 bits per heavy atom. The lowest BCUT2D eigenvalue weighted by Gasteiger charge is -2.30. The van der Waals surface area contributed by atoms with Gasteiger partial charge in [0.15, 0.2) is 0 Å². The molecule has 1 heterocycles. The highest BCUT2D eigenvalue weighted by Crippen LogP contribution is 2.18. The number of hydrogen-bond donors (Lipinski definition) is 0. The first kappa shape index (κ1) is 10.7. The number of nitrogens with zero attached hydrogens (tertiary/aromatic N) is 1. The maximum Gasteiger partial charge on any atom is 0.0233 e. The molecule has 0 N–H and O–H groups in total. The van der Waals surface area contributed by atoms with Gasteiger partial charge in [0.25, 0.3) is 0 Å². The Morgan fingerprint density at radius 3 is 3.00 bits per heavy atom. The molecule has 1 aromatic carbocycles. The summed E-state index contributed by atoms with van der Waals surface area (Å²) in [4.78, 5) is 2.59. The van der Waals surface area contributed by atoms with Crippen molar-refractivity contribution in [1.29, 1.82) is 0 Å². The molecule has 2 rings (SSSR count). The molecule has 0 spiro atoms. The minimum Gasteiger partial charge on any atom is -0.299 e. The van der Waals surface area contributed by atoms with Gasteiger partial charge in [-0.1, -0.05) is 36.8 Å². The first-order chi connectivity index (χ1) is 7.24. The van der Waals surface area contributed by atoms with E-state index >= 15 is 0 Å². The molecule has 0 amide bonds. The number of piperidine rings is 1. The second-order valence-electron chi connectivity index (χ2n) is 4.97. The van der Waals surface area contributed by atoms with E-state index in [0.717, 1.165) is 12.5 Å². The van der Waals surface area contributed by atoms with Gasteiger partial charge >= 0.3 is 0 Å². The fourth-order valence-electron chi connectivity index (χ4n) is 2.50. The second-order valence-corrected chi connectivity index (χ2v) is 4.97. The van der Waals surface area contributed by atoms with Gasteiger partial charge in [-0.25, -0.2) is 0 Å². The van der Waals surface area contributed by atoms with Crippen molar-refractivity contribution in [2.24, 2.45) is 5.92 Å². The van der Waals surface area contributed by atoms with E-state index in [9.17, 15) is 0 Å². The third-order valence-corrected chi connectivity index (χ3v) is 3.23. The van der Waals surface area contributed by atoms with Gasteiger partial charge in [-0.2, -0.15) is 0 Å². The first-order valence-corrected chi connectivity index (χ1v) is 6.02. The maximum atomic E-state index is 2.59. The predicted octanol–water partition coefficient (Wildman–Crippen LogP) is 3.23. The highest BCUT2D eigenvalue weighted by atomic mass is 15.1.